The molecule has 0 spiro atoms. The predicted molar refractivity (Wildman–Crippen MR) is 112 cm³/mol. The molecule has 1 saturated heterocycles. The summed E-state index contributed by atoms with van der Waals surface area (Å²) in [6.45, 7) is 3.57. The maximum atomic E-state index is 12.9. The fraction of sp³-hybridized carbons (Fsp3) is 0.333. The van der Waals surface area contributed by atoms with Gasteiger partial charge in [0.25, 0.3) is 11.8 Å². The molecule has 0 radical (unpaired) electrons. The number of rotatable bonds is 5. The molecule has 1 heterocycles. The van der Waals surface area contributed by atoms with Gasteiger partial charge in [-0.15, -0.1) is 0 Å². The number of aryl methyl sites for hydroxylation is 1. The first-order valence-corrected chi connectivity index (χ1v) is 9.95. The molecule has 3 rings (SSSR count). The second-order valence-corrected chi connectivity index (χ2v) is 7.53. The Labute approximate surface area is 179 Å². The van der Waals surface area contributed by atoms with Crippen molar-refractivity contribution in [1.82, 2.24) is 9.80 Å². The van der Waals surface area contributed by atoms with Crippen molar-refractivity contribution in [2.24, 2.45) is 0 Å². The van der Waals surface area contributed by atoms with Crippen LogP contribution in [0.5, 0.6) is 11.5 Å². The van der Waals surface area contributed by atoms with Gasteiger partial charge in [0.1, 0.15) is 11.3 Å². The number of hydrogen-bond acceptors (Lipinski definition) is 4. The van der Waals surface area contributed by atoms with E-state index in [1.54, 1.807) is 21.9 Å². The summed E-state index contributed by atoms with van der Waals surface area (Å²) in [4.78, 5) is 28.7. The second-order valence-electron chi connectivity index (χ2n) is 6.71. The maximum Gasteiger partial charge on any atom is 0.260 e. The summed E-state index contributed by atoms with van der Waals surface area (Å²) in [7, 11) is 1.44. The van der Waals surface area contributed by atoms with Crippen LogP contribution in [-0.2, 0) is 4.79 Å². The van der Waals surface area contributed by atoms with Gasteiger partial charge in [-0.2, -0.15) is 0 Å². The van der Waals surface area contributed by atoms with Gasteiger partial charge in [-0.25, -0.2) is 0 Å². The highest BCUT2D eigenvalue weighted by atomic mass is 35.5. The molecule has 8 heteroatoms. The van der Waals surface area contributed by atoms with Crippen LogP contribution in [0.4, 0.5) is 0 Å². The van der Waals surface area contributed by atoms with Gasteiger partial charge in [-0.1, -0.05) is 40.9 Å². The summed E-state index contributed by atoms with van der Waals surface area (Å²) in [5.74, 6) is 0.531. The summed E-state index contributed by atoms with van der Waals surface area (Å²) in [5.41, 5.74) is 1.37. The van der Waals surface area contributed by atoms with Gasteiger partial charge >= 0.3 is 0 Å². The van der Waals surface area contributed by atoms with E-state index in [0.717, 1.165) is 5.56 Å². The summed E-state index contributed by atoms with van der Waals surface area (Å²) < 4.78 is 10.8. The van der Waals surface area contributed by atoms with E-state index in [2.05, 4.69) is 0 Å². The minimum atomic E-state index is -0.266. The number of benzene rings is 2. The van der Waals surface area contributed by atoms with Gasteiger partial charge < -0.3 is 19.3 Å². The molecule has 0 bridgehead atoms. The number of hydrogen-bond donors (Lipinski definition) is 0. The number of carbonyl (C=O) groups excluding carboxylic acids is 2. The van der Waals surface area contributed by atoms with Crippen molar-refractivity contribution < 1.29 is 19.1 Å². The molecule has 0 unspecified atom stereocenters. The van der Waals surface area contributed by atoms with Crippen LogP contribution in [0.25, 0.3) is 0 Å². The molecule has 0 saturated carbocycles. The summed E-state index contributed by atoms with van der Waals surface area (Å²) in [6.07, 6.45) is 0. The molecule has 0 aromatic heterocycles. The van der Waals surface area contributed by atoms with Crippen molar-refractivity contribution in [2.75, 3.05) is 39.9 Å². The number of halogens is 2. The number of methoxy groups -OCH3 is 1. The molecule has 2 aromatic rings. The molecule has 1 aliphatic heterocycles. The lowest BCUT2D eigenvalue weighted by atomic mass is 10.1. The van der Waals surface area contributed by atoms with Crippen molar-refractivity contribution in [2.45, 2.75) is 6.92 Å². The van der Waals surface area contributed by atoms with Gasteiger partial charge in [0.2, 0.25) is 0 Å². The second kappa shape index (κ2) is 9.37. The first kappa shape index (κ1) is 21.3. The number of piperazine rings is 1. The van der Waals surface area contributed by atoms with E-state index in [1.807, 2.05) is 31.2 Å². The molecular formula is C21H22Cl2N2O4. The first-order chi connectivity index (χ1) is 13.9. The quantitative estimate of drug-likeness (QED) is 0.717. The molecule has 0 N–H and O–H groups in total. The average Bonchev–Trinajstić information content (AvgIpc) is 2.74. The van der Waals surface area contributed by atoms with Crippen LogP contribution in [0.15, 0.2) is 36.4 Å². The van der Waals surface area contributed by atoms with Gasteiger partial charge in [-0.05, 0) is 31.2 Å². The molecule has 154 valence electrons. The van der Waals surface area contributed by atoms with E-state index in [-0.39, 0.29) is 34.8 Å². The number of nitrogens with zero attached hydrogens (tertiary/aromatic N) is 2. The zero-order valence-electron chi connectivity index (χ0n) is 16.3. The maximum absolute atomic E-state index is 12.9. The van der Waals surface area contributed by atoms with Crippen molar-refractivity contribution in [3.05, 3.63) is 57.6 Å². The Kier molecular flexibility index (Phi) is 6.87. The van der Waals surface area contributed by atoms with Crippen LogP contribution in [-0.4, -0.2) is 61.5 Å². The number of carbonyl (C=O) groups is 2. The lowest BCUT2D eigenvalue weighted by Gasteiger charge is -2.35. The van der Waals surface area contributed by atoms with Crippen molar-refractivity contribution in [1.29, 1.82) is 0 Å². The Morgan fingerprint density at radius 3 is 2.14 bits per heavy atom. The molecule has 6 nitrogen and oxygen atoms in total. The fourth-order valence-electron chi connectivity index (χ4n) is 3.12. The summed E-state index contributed by atoms with van der Waals surface area (Å²) in [5, 5.41) is 0.601. The minimum absolute atomic E-state index is 0.0368. The van der Waals surface area contributed by atoms with Crippen LogP contribution >= 0.6 is 23.2 Å². The van der Waals surface area contributed by atoms with E-state index in [4.69, 9.17) is 32.7 Å². The molecule has 29 heavy (non-hydrogen) atoms. The zero-order chi connectivity index (χ0) is 21.0. The topological polar surface area (TPSA) is 59.1 Å². The van der Waals surface area contributed by atoms with Gasteiger partial charge in [0.05, 0.1) is 17.2 Å². The highest BCUT2D eigenvalue weighted by molar-refractivity contribution is 6.37. The number of ether oxygens (including phenoxy) is 2. The molecule has 1 fully saturated rings. The minimum Gasteiger partial charge on any atom is -0.494 e. The van der Waals surface area contributed by atoms with E-state index in [0.29, 0.717) is 37.0 Å². The third-order valence-electron chi connectivity index (χ3n) is 4.78. The smallest absolute Gasteiger partial charge is 0.260 e. The van der Waals surface area contributed by atoms with Crippen LogP contribution in [0.1, 0.15) is 15.9 Å². The highest BCUT2D eigenvalue weighted by Gasteiger charge is 2.29. The third-order valence-corrected chi connectivity index (χ3v) is 5.39. The van der Waals surface area contributed by atoms with Gasteiger partial charge in [-0.3, -0.25) is 9.59 Å². The fourth-order valence-corrected chi connectivity index (χ4v) is 3.58. The van der Waals surface area contributed by atoms with Gasteiger partial charge in [0.15, 0.2) is 12.4 Å². The molecule has 2 amide bonds. The largest absolute Gasteiger partial charge is 0.494 e. The molecule has 2 aromatic carbocycles. The van der Waals surface area contributed by atoms with E-state index in [1.165, 1.54) is 7.11 Å². The van der Waals surface area contributed by atoms with Crippen molar-refractivity contribution >= 4 is 35.0 Å². The Bertz CT molecular complexity index is 894. The summed E-state index contributed by atoms with van der Waals surface area (Å²) >= 11 is 12.3. The summed E-state index contributed by atoms with van der Waals surface area (Å²) in [6, 6.07) is 10.7. The highest BCUT2D eigenvalue weighted by Crippen LogP contribution is 2.34. The lowest BCUT2D eigenvalue weighted by Crippen LogP contribution is -2.51. The molecule has 0 atom stereocenters. The lowest BCUT2D eigenvalue weighted by molar-refractivity contribution is -0.134. The SMILES string of the molecule is COc1c(Cl)ccc(Cl)c1C(=O)N1CCN(C(=O)COc2ccc(C)cc2)CC1. The van der Waals surface area contributed by atoms with E-state index < -0.39 is 0 Å². The normalized spacial score (nSPS) is 13.9. The zero-order valence-corrected chi connectivity index (χ0v) is 17.8. The number of amides is 2. The predicted octanol–water partition coefficient (Wildman–Crippen LogP) is 3.67. The van der Waals surface area contributed by atoms with E-state index >= 15 is 0 Å². The monoisotopic (exact) mass is 436 g/mol. The van der Waals surface area contributed by atoms with Crippen LogP contribution < -0.4 is 9.47 Å². The first-order valence-electron chi connectivity index (χ1n) is 9.19. The van der Waals surface area contributed by atoms with Crippen LogP contribution in [0, 0.1) is 6.92 Å². The van der Waals surface area contributed by atoms with Crippen molar-refractivity contribution in [3.63, 3.8) is 0 Å². The van der Waals surface area contributed by atoms with Crippen LogP contribution in [0.2, 0.25) is 10.0 Å². The standard InChI is InChI=1S/C21H22Cl2N2O4/c1-14-3-5-15(6-4-14)29-13-18(26)24-9-11-25(12-10-24)21(27)19-16(22)7-8-17(23)20(19)28-2/h3-8H,9-13H2,1-2H3. The van der Waals surface area contributed by atoms with E-state index in [9.17, 15) is 9.59 Å². The van der Waals surface area contributed by atoms with Gasteiger partial charge in [0, 0.05) is 26.2 Å². The molecule has 0 aliphatic carbocycles. The Balaban J connectivity index is 1.57. The Morgan fingerprint density at radius 2 is 1.52 bits per heavy atom. The Morgan fingerprint density at radius 1 is 0.931 bits per heavy atom. The molecule has 1 aliphatic rings. The third kappa shape index (κ3) is 4.95. The Hall–Kier alpha value is -2.44. The van der Waals surface area contributed by atoms with Crippen molar-refractivity contribution in [3.8, 4) is 11.5 Å². The molecular weight excluding hydrogens is 415 g/mol. The van der Waals surface area contributed by atoms with Crippen LogP contribution in [0.3, 0.4) is 0 Å². The average molecular weight is 437 g/mol.